The van der Waals surface area contributed by atoms with Gasteiger partial charge in [0, 0.05) is 5.56 Å². The van der Waals surface area contributed by atoms with Gasteiger partial charge in [-0.15, -0.1) is 0 Å². The zero-order valence-corrected chi connectivity index (χ0v) is 10.5. The third-order valence-electron chi connectivity index (χ3n) is 2.86. The summed E-state index contributed by atoms with van der Waals surface area (Å²) in [4.78, 5) is 0. The van der Waals surface area contributed by atoms with E-state index < -0.39 is 0 Å². The van der Waals surface area contributed by atoms with E-state index in [-0.39, 0.29) is 0 Å². The normalized spacial score (nSPS) is 10.4. The van der Waals surface area contributed by atoms with Gasteiger partial charge in [0.1, 0.15) is 0 Å². The fourth-order valence-corrected chi connectivity index (χ4v) is 1.96. The third kappa shape index (κ3) is 2.91. The Bertz CT molecular complexity index is 332. The number of methoxy groups -OCH3 is 1. The quantitative estimate of drug-likeness (QED) is 0.795. The summed E-state index contributed by atoms with van der Waals surface area (Å²) in [6.45, 7) is 4.32. The first-order chi connectivity index (χ1) is 7.74. The van der Waals surface area contributed by atoms with Gasteiger partial charge in [-0.1, -0.05) is 32.8 Å². The van der Waals surface area contributed by atoms with Crippen LogP contribution in [-0.2, 0) is 12.8 Å². The van der Waals surface area contributed by atoms with Crippen LogP contribution < -0.4 is 4.74 Å². The second-order valence-electron chi connectivity index (χ2n) is 4.11. The second kappa shape index (κ2) is 6.41. The molecule has 0 saturated heterocycles. The highest BCUT2D eigenvalue weighted by atomic mass is 16.5. The smallest absolute Gasteiger partial charge is 0.161 e. The summed E-state index contributed by atoms with van der Waals surface area (Å²) in [5.74, 6) is 0.924. The average Bonchev–Trinajstić information content (AvgIpc) is 2.29. The molecule has 2 nitrogen and oxygen atoms in total. The fraction of sp³-hybridized carbons (Fsp3) is 0.571. The molecule has 2 heteroatoms. The van der Waals surface area contributed by atoms with Crippen molar-refractivity contribution >= 4 is 0 Å². The minimum Gasteiger partial charge on any atom is -0.504 e. The lowest BCUT2D eigenvalue weighted by Crippen LogP contribution is -1.97. The number of aryl methyl sites for hydroxylation is 1. The number of phenolic OH excluding ortho intramolecular Hbond substituents is 1. The van der Waals surface area contributed by atoms with Crippen LogP contribution in [0.15, 0.2) is 12.1 Å². The van der Waals surface area contributed by atoms with E-state index >= 15 is 0 Å². The van der Waals surface area contributed by atoms with Crippen molar-refractivity contribution in [2.45, 2.75) is 46.0 Å². The first-order valence-corrected chi connectivity index (χ1v) is 6.12. The first kappa shape index (κ1) is 12.9. The average molecular weight is 222 g/mol. The van der Waals surface area contributed by atoms with Crippen LogP contribution >= 0.6 is 0 Å². The molecule has 0 saturated carbocycles. The molecule has 16 heavy (non-hydrogen) atoms. The van der Waals surface area contributed by atoms with E-state index in [1.54, 1.807) is 7.11 Å². The Morgan fingerprint density at radius 1 is 1.12 bits per heavy atom. The van der Waals surface area contributed by atoms with Crippen molar-refractivity contribution in [3.05, 3.63) is 23.3 Å². The van der Waals surface area contributed by atoms with Gasteiger partial charge < -0.3 is 9.84 Å². The van der Waals surface area contributed by atoms with Crippen LogP contribution in [0.2, 0.25) is 0 Å². The number of unbranched alkanes of at least 4 members (excludes halogenated alkanes) is 1. The Kier molecular flexibility index (Phi) is 5.17. The number of aromatic hydroxyl groups is 1. The van der Waals surface area contributed by atoms with Crippen molar-refractivity contribution < 1.29 is 9.84 Å². The molecule has 0 atom stereocenters. The van der Waals surface area contributed by atoms with E-state index in [1.165, 1.54) is 5.56 Å². The Morgan fingerprint density at radius 2 is 1.88 bits per heavy atom. The summed E-state index contributed by atoms with van der Waals surface area (Å²) in [6.07, 6.45) is 5.32. The summed E-state index contributed by atoms with van der Waals surface area (Å²) in [5.41, 5.74) is 2.33. The predicted molar refractivity (Wildman–Crippen MR) is 67.3 cm³/mol. The van der Waals surface area contributed by atoms with Crippen LogP contribution in [0.1, 0.15) is 44.2 Å². The molecule has 0 spiro atoms. The monoisotopic (exact) mass is 222 g/mol. The van der Waals surface area contributed by atoms with Crippen molar-refractivity contribution in [1.29, 1.82) is 0 Å². The molecule has 1 aromatic carbocycles. The molecule has 1 aromatic rings. The molecular weight excluding hydrogens is 200 g/mol. The lowest BCUT2D eigenvalue weighted by atomic mass is 9.97. The molecule has 0 bridgehead atoms. The van der Waals surface area contributed by atoms with Gasteiger partial charge in [-0.2, -0.15) is 0 Å². The van der Waals surface area contributed by atoms with Crippen LogP contribution in [0.5, 0.6) is 11.5 Å². The van der Waals surface area contributed by atoms with Gasteiger partial charge in [0.25, 0.3) is 0 Å². The number of rotatable bonds is 6. The molecule has 0 heterocycles. The van der Waals surface area contributed by atoms with Crippen molar-refractivity contribution in [3.8, 4) is 11.5 Å². The highest BCUT2D eigenvalue weighted by Gasteiger charge is 2.11. The van der Waals surface area contributed by atoms with E-state index in [1.807, 2.05) is 6.07 Å². The minimum atomic E-state index is 0.335. The van der Waals surface area contributed by atoms with Crippen LogP contribution in [0.25, 0.3) is 0 Å². The lowest BCUT2D eigenvalue weighted by Gasteiger charge is -2.13. The summed E-state index contributed by atoms with van der Waals surface area (Å²) in [5, 5.41) is 10.1. The maximum atomic E-state index is 10.1. The van der Waals surface area contributed by atoms with E-state index in [0.29, 0.717) is 11.5 Å². The molecule has 1 rings (SSSR count). The number of ether oxygens (including phenoxy) is 1. The molecule has 0 aromatic heterocycles. The standard InChI is InChI=1S/C14H22O2/c1-4-6-8-12-11(7-5-2)9-10-13(16-3)14(12)15/h9-10,15H,4-8H2,1-3H3. The summed E-state index contributed by atoms with van der Waals surface area (Å²) in [6, 6.07) is 3.93. The third-order valence-corrected chi connectivity index (χ3v) is 2.86. The molecule has 90 valence electrons. The molecule has 0 aliphatic carbocycles. The van der Waals surface area contributed by atoms with Crippen LogP contribution in [-0.4, -0.2) is 12.2 Å². The van der Waals surface area contributed by atoms with Crippen molar-refractivity contribution in [3.63, 3.8) is 0 Å². The maximum Gasteiger partial charge on any atom is 0.161 e. The van der Waals surface area contributed by atoms with Gasteiger partial charge in [0.15, 0.2) is 11.5 Å². The van der Waals surface area contributed by atoms with Gasteiger partial charge in [0.2, 0.25) is 0 Å². The predicted octanol–water partition coefficient (Wildman–Crippen LogP) is 3.70. The Morgan fingerprint density at radius 3 is 2.44 bits per heavy atom. The molecule has 0 amide bonds. The molecule has 0 aliphatic heterocycles. The zero-order valence-electron chi connectivity index (χ0n) is 10.5. The van der Waals surface area contributed by atoms with Crippen molar-refractivity contribution in [2.24, 2.45) is 0 Å². The molecular formula is C14H22O2. The van der Waals surface area contributed by atoms with E-state index in [0.717, 1.165) is 37.7 Å². The van der Waals surface area contributed by atoms with Crippen LogP contribution in [0, 0.1) is 0 Å². The largest absolute Gasteiger partial charge is 0.504 e. The lowest BCUT2D eigenvalue weighted by molar-refractivity contribution is 0.369. The molecule has 0 fully saturated rings. The zero-order chi connectivity index (χ0) is 12.0. The van der Waals surface area contributed by atoms with Crippen LogP contribution in [0.3, 0.4) is 0 Å². The first-order valence-electron chi connectivity index (χ1n) is 6.12. The second-order valence-corrected chi connectivity index (χ2v) is 4.11. The topological polar surface area (TPSA) is 29.5 Å². The molecule has 1 N–H and O–H groups in total. The SMILES string of the molecule is CCCCc1c(CCC)ccc(OC)c1O. The fourth-order valence-electron chi connectivity index (χ4n) is 1.96. The van der Waals surface area contributed by atoms with Gasteiger partial charge in [-0.3, -0.25) is 0 Å². The van der Waals surface area contributed by atoms with E-state index in [9.17, 15) is 5.11 Å². The summed E-state index contributed by atoms with van der Waals surface area (Å²) in [7, 11) is 1.60. The van der Waals surface area contributed by atoms with Gasteiger partial charge in [0.05, 0.1) is 7.11 Å². The van der Waals surface area contributed by atoms with Crippen LogP contribution in [0.4, 0.5) is 0 Å². The summed E-state index contributed by atoms with van der Waals surface area (Å²) >= 11 is 0. The number of hydrogen-bond acceptors (Lipinski definition) is 2. The van der Waals surface area contributed by atoms with Gasteiger partial charge >= 0.3 is 0 Å². The Hall–Kier alpha value is -1.18. The molecule has 0 radical (unpaired) electrons. The number of benzene rings is 1. The van der Waals surface area contributed by atoms with E-state index in [4.69, 9.17) is 4.74 Å². The minimum absolute atomic E-state index is 0.335. The van der Waals surface area contributed by atoms with Gasteiger partial charge in [-0.05, 0) is 30.9 Å². The highest BCUT2D eigenvalue weighted by molar-refractivity contribution is 5.50. The summed E-state index contributed by atoms with van der Waals surface area (Å²) < 4.78 is 5.15. The Balaban J connectivity index is 3.03. The number of phenols is 1. The van der Waals surface area contributed by atoms with Gasteiger partial charge in [-0.25, -0.2) is 0 Å². The van der Waals surface area contributed by atoms with Crippen molar-refractivity contribution in [1.82, 2.24) is 0 Å². The van der Waals surface area contributed by atoms with E-state index in [2.05, 4.69) is 19.9 Å². The highest BCUT2D eigenvalue weighted by Crippen LogP contribution is 2.33. The van der Waals surface area contributed by atoms with Crippen molar-refractivity contribution in [2.75, 3.05) is 7.11 Å². The molecule has 0 aliphatic rings. The number of hydrogen-bond donors (Lipinski definition) is 1. The molecule has 0 unspecified atom stereocenters. The maximum absolute atomic E-state index is 10.1. The Labute approximate surface area is 98.3 Å².